The van der Waals surface area contributed by atoms with Gasteiger partial charge >= 0.3 is 6.03 Å². The van der Waals surface area contributed by atoms with E-state index in [0.29, 0.717) is 18.8 Å². The van der Waals surface area contributed by atoms with E-state index in [4.69, 9.17) is 4.74 Å². The summed E-state index contributed by atoms with van der Waals surface area (Å²) in [6, 6.07) is 7.55. The molecule has 9 heteroatoms. The number of nitrogens with zero attached hydrogens (tertiary/aromatic N) is 3. The van der Waals surface area contributed by atoms with Gasteiger partial charge in [-0.15, -0.1) is 0 Å². The van der Waals surface area contributed by atoms with Crippen molar-refractivity contribution >= 4 is 17.8 Å². The Morgan fingerprint density at radius 2 is 2.07 bits per heavy atom. The number of aromatic nitrogens is 2. The molecule has 142 valence electrons. The Labute approximate surface area is 156 Å². The number of carbonyl (C=O) groups excluding carboxylic acids is 3. The minimum atomic E-state index is -0.847. The minimum Gasteiger partial charge on any atom is -0.497 e. The van der Waals surface area contributed by atoms with Crippen LogP contribution in [0.25, 0.3) is 0 Å². The van der Waals surface area contributed by atoms with Crippen molar-refractivity contribution in [2.45, 2.75) is 25.6 Å². The molecule has 0 unspecified atom stereocenters. The second kappa shape index (κ2) is 8.35. The van der Waals surface area contributed by atoms with Crippen molar-refractivity contribution in [3.63, 3.8) is 0 Å². The highest BCUT2D eigenvalue weighted by atomic mass is 16.5. The molecule has 9 nitrogen and oxygen atoms in total. The summed E-state index contributed by atoms with van der Waals surface area (Å²) in [6.45, 7) is 1.07. The minimum absolute atomic E-state index is 0.0945. The van der Waals surface area contributed by atoms with E-state index in [0.717, 1.165) is 10.5 Å². The molecule has 1 aliphatic rings. The fourth-order valence-corrected chi connectivity index (χ4v) is 2.78. The van der Waals surface area contributed by atoms with E-state index in [1.807, 2.05) is 0 Å². The topological polar surface area (TPSA) is 106 Å². The van der Waals surface area contributed by atoms with Crippen LogP contribution in [0.1, 0.15) is 12.0 Å². The summed E-state index contributed by atoms with van der Waals surface area (Å²) in [6.07, 6.45) is 3.36. The Balaban J connectivity index is 1.49. The highest BCUT2D eigenvalue weighted by Crippen LogP contribution is 2.16. The van der Waals surface area contributed by atoms with E-state index < -0.39 is 18.0 Å². The lowest BCUT2D eigenvalue weighted by Crippen LogP contribution is -2.37. The number of hydrogen-bond acceptors (Lipinski definition) is 5. The van der Waals surface area contributed by atoms with Gasteiger partial charge in [-0.3, -0.25) is 19.2 Å². The zero-order valence-electron chi connectivity index (χ0n) is 14.9. The first-order valence-corrected chi connectivity index (χ1v) is 8.56. The van der Waals surface area contributed by atoms with Crippen molar-refractivity contribution < 1.29 is 19.1 Å². The smallest absolute Gasteiger partial charge is 0.325 e. The van der Waals surface area contributed by atoms with Crippen LogP contribution in [0.5, 0.6) is 5.75 Å². The summed E-state index contributed by atoms with van der Waals surface area (Å²) in [5.41, 5.74) is 0.795. The fourth-order valence-electron chi connectivity index (χ4n) is 2.78. The van der Waals surface area contributed by atoms with E-state index >= 15 is 0 Å². The van der Waals surface area contributed by atoms with Crippen LogP contribution >= 0.6 is 0 Å². The second-order valence-corrected chi connectivity index (χ2v) is 6.10. The summed E-state index contributed by atoms with van der Waals surface area (Å²) in [5, 5.41) is 9.33. The second-order valence-electron chi connectivity index (χ2n) is 6.10. The van der Waals surface area contributed by atoms with E-state index in [1.54, 1.807) is 54.5 Å². The Morgan fingerprint density at radius 3 is 2.74 bits per heavy atom. The molecule has 0 aliphatic carbocycles. The van der Waals surface area contributed by atoms with Crippen molar-refractivity contribution in [3.05, 3.63) is 48.3 Å². The normalized spacial score (nSPS) is 16.3. The quantitative estimate of drug-likeness (QED) is 0.658. The van der Waals surface area contributed by atoms with Crippen molar-refractivity contribution in [1.82, 2.24) is 25.3 Å². The molecule has 1 atom stereocenters. The number of amides is 4. The highest BCUT2D eigenvalue weighted by molar-refractivity contribution is 6.05. The molecule has 2 N–H and O–H groups in total. The molecule has 1 aromatic heterocycles. The van der Waals surface area contributed by atoms with Crippen molar-refractivity contribution in [3.8, 4) is 5.75 Å². The van der Waals surface area contributed by atoms with E-state index in [9.17, 15) is 14.4 Å². The van der Waals surface area contributed by atoms with Crippen molar-refractivity contribution in [2.75, 3.05) is 13.7 Å². The van der Waals surface area contributed by atoms with Crippen molar-refractivity contribution in [2.24, 2.45) is 0 Å². The van der Waals surface area contributed by atoms with Gasteiger partial charge in [0.15, 0.2) is 0 Å². The first kappa shape index (κ1) is 18.4. The monoisotopic (exact) mass is 371 g/mol. The summed E-state index contributed by atoms with van der Waals surface area (Å²) >= 11 is 0. The molecule has 0 spiro atoms. The van der Waals surface area contributed by atoms with Gasteiger partial charge in [0.2, 0.25) is 5.91 Å². The van der Waals surface area contributed by atoms with E-state index in [-0.39, 0.29) is 18.9 Å². The number of hydrogen-bond donors (Lipinski definition) is 2. The molecule has 3 rings (SSSR count). The van der Waals surface area contributed by atoms with Crippen molar-refractivity contribution in [1.29, 1.82) is 0 Å². The number of urea groups is 1. The maximum atomic E-state index is 12.5. The van der Waals surface area contributed by atoms with E-state index in [1.165, 1.54) is 0 Å². The number of nitrogens with one attached hydrogen (secondary N) is 2. The Morgan fingerprint density at radius 1 is 1.30 bits per heavy atom. The fraction of sp³-hybridized carbons (Fsp3) is 0.333. The number of imide groups is 1. The van der Waals surface area contributed by atoms with Crippen LogP contribution in [0.15, 0.2) is 42.7 Å². The van der Waals surface area contributed by atoms with Crippen LogP contribution in [0.3, 0.4) is 0 Å². The molecule has 1 aliphatic heterocycles. The first-order chi connectivity index (χ1) is 13.1. The van der Waals surface area contributed by atoms with Gasteiger partial charge in [0, 0.05) is 18.9 Å². The molecule has 0 radical (unpaired) electrons. The lowest BCUT2D eigenvalue weighted by molar-refractivity contribution is -0.131. The van der Waals surface area contributed by atoms with Gasteiger partial charge in [-0.2, -0.15) is 5.10 Å². The highest BCUT2D eigenvalue weighted by Gasteiger charge is 2.38. The maximum Gasteiger partial charge on any atom is 0.325 e. The van der Waals surface area contributed by atoms with E-state index in [2.05, 4.69) is 15.7 Å². The number of methoxy groups -OCH3 is 1. The summed E-state index contributed by atoms with van der Waals surface area (Å²) in [5.74, 6) is -0.00856. The molecule has 27 heavy (non-hydrogen) atoms. The lowest BCUT2D eigenvalue weighted by atomic mass is 10.1. The number of rotatable bonds is 8. The van der Waals surface area contributed by atoms with Crippen LogP contribution < -0.4 is 15.4 Å². The molecular weight excluding hydrogens is 350 g/mol. The molecule has 2 aromatic rings. The molecule has 4 amide bonds. The molecule has 1 saturated heterocycles. The van der Waals surface area contributed by atoms with Gasteiger partial charge < -0.3 is 15.4 Å². The van der Waals surface area contributed by atoms with Gasteiger partial charge in [0.1, 0.15) is 11.8 Å². The third-order valence-electron chi connectivity index (χ3n) is 4.22. The van der Waals surface area contributed by atoms with Crippen LogP contribution in [0.4, 0.5) is 4.79 Å². The average molecular weight is 371 g/mol. The molecule has 0 bridgehead atoms. The van der Waals surface area contributed by atoms with Crippen LogP contribution in [0, 0.1) is 0 Å². The zero-order valence-corrected chi connectivity index (χ0v) is 14.9. The predicted octanol–water partition coefficient (Wildman–Crippen LogP) is 0.519. The number of carbonyl (C=O) groups is 3. The average Bonchev–Trinajstić information content (AvgIpc) is 3.26. The molecule has 1 fully saturated rings. The zero-order chi connectivity index (χ0) is 19.2. The summed E-state index contributed by atoms with van der Waals surface area (Å²) in [7, 11) is 1.57. The van der Waals surface area contributed by atoms with Gasteiger partial charge in [0.25, 0.3) is 5.91 Å². The third-order valence-corrected chi connectivity index (χ3v) is 4.22. The number of ether oxygens (including phenoxy) is 1. The number of benzene rings is 1. The summed E-state index contributed by atoms with van der Waals surface area (Å²) in [4.78, 5) is 37.7. The molecule has 1 aromatic carbocycles. The Kier molecular flexibility index (Phi) is 5.70. The standard InChI is InChI=1S/C18H21N5O4/c1-27-14-5-3-13(4-6-14)12-23-17(25)15(21-18(23)26)11-16(24)19-8-10-22-9-2-7-20-22/h2-7,9,15H,8,10-12H2,1H3,(H,19,24)(H,21,26)/t15-/m1/s1. The Hall–Kier alpha value is -3.36. The SMILES string of the molecule is COc1ccc(CN2C(=O)N[C@H](CC(=O)NCCn3cccn3)C2=O)cc1. The van der Waals surface area contributed by atoms with Gasteiger partial charge in [-0.25, -0.2) is 4.79 Å². The Bertz CT molecular complexity index is 804. The summed E-state index contributed by atoms with van der Waals surface area (Å²) < 4.78 is 6.78. The van der Waals surface area contributed by atoms with Crippen LogP contribution in [0.2, 0.25) is 0 Å². The maximum absolute atomic E-state index is 12.5. The van der Waals surface area contributed by atoms with Crippen LogP contribution in [-0.4, -0.2) is 52.2 Å². The third kappa shape index (κ3) is 4.63. The van der Waals surface area contributed by atoms with Crippen LogP contribution in [-0.2, 0) is 22.7 Å². The molecular formula is C18H21N5O4. The van der Waals surface area contributed by atoms with Gasteiger partial charge in [-0.1, -0.05) is 12.1 Å². The predicted molar refractivity (Wildman–Crippen MR) is 95.7 cm³/mol. The first-order valence-electron chi connectivity index (χ1n) is 8.56. The van der Waals surface area contributed by atoms with Gasteiger partial charge in [0.05, 0.1) is 26.6 Å². The van der Waals surface area contributed by atoms with Gasteiger partial charge in [-0.05, 0) is 23.8 Å². The molecule has 0 saturated carbocycles. The molecule has 2 heterocycles. The lowest BCUT2D eigenvalue weighted by Gasteiger charge is -2.13. The largest absolute Gasteiger partial charge is 0.497 e.